The smallest absolute Gasteiger partial charge is 0.326 e. The van der Waals surface area contributed by atoms with Gasteiger partial charge in [0.25, 0.3) is 5.91 Å². The number of rotatable bonds is 6. The molecule has 36 heavy (non-hydrogen) atoms. The van der Waals surface area contributed by atoms with E-state index in [0.29, 0.717) is 23.3 Å². The molecule has 2 heterocycles. The van der Waals surface area contributed by atoms with Crippen LogP contribution in [0.25, 0.3) is 10.2 Å². The van der Waals surface area contributed by atoms with Gasteiger partial charge in [0.2, 0.25) is 10.0 Å². The molecule has 1 saturated heterocycles. The van der Waals surface area contributed by atoms with Gasteiger partial charge in [0.1, 0.15) is 12.4 Å². The second-order valence-corrected chi connectivity index (χ2v) is 12.0. The summed E-state index contributed by atoms with van der Waals surface area (Å²) in [7, 11) is -3.67. The first kappa shape index (κ1) is 26.2. The number of nitrogens with zero attached hydrogens (tertiary/aromatic N) is 3. The van der Waals surface area contributed by atoms with E-state index < -0.39 is 27.7 Å². The Morgan fingerprint density at radius 2 is 1.78 bits per heavy atom. The minimum absolute atomic E-state index is 0.120. The van der Waals surface area contributed by atoms with Crippen LogP contribution in [0.5, 0.6) is 0 Å². The third kappa shape index (κ3) is 5.58. The summed E-state index contributed by atoms with van der Waals surface area (Å²) in [6.07, 6.45) is 0.988. The third-order valence-electron chi connectivity index (χ3n) is 6.01. The average Bonchev–Trinajstić information content (AvgIpc) is 3.14. The molecule has 0 bridgehead atoms. The lowest BCUT2D eigenvalue weighted by atomic mass is 9.94. The van der Waals surface area contributed by atoms with E-state index in [1.54, 1.807) is 6.92 Å². The SMILES string of the molecule is CCOC(=O)Cn1c(=NC(=O)c2ccc(S(=O)(=O)N3CC(C)CC(C)C3)cc2)sc2cc(F)ccc21. The Morgan fingerprint density at radius 1 is 1.11 bits per heavy atom. The quantitative estimate of drug-likeness (QED) is 0.449. The Balaban J connectivity index is 1.64. The summed E-state index contributed by atoms with van der Waals surface area (Å²) in [4.78, 5) is 29.6. The lowest BCUT2D eigenvalue weighted by molar-refractivity contribution is -0.143. The fourth-order valence-electron chi connectivity index (χ4n) is 4.49. The molecule has 0 aliphatic carbocycles. The van der Waals surface area contributed by atoms with Crippen LogP contribution in [0.1, 0.15) is 37.6 Å². The summed E-state index contributed by atoms with van der Waals surface area (Å²) in [6.45, 7) is 6.72. The topological polar surface area (TPSA) is 98.0 Å². The summed E-state index contributed by atoms with van der Waals surface area (Å²) in [5.41, 5.74) is 0.744. The maximum atomic E-state index is 13.8. The Kier molecular flexibility index (Phi) is 7.72. The van der Waals surface area contributed by atoms with Gasteiger partial charge in [-0.1, -0.05) is 25.2 Å². The molecule has 8 nitrogen and oxygen atoms in total. The molecule has 2 unspecified atom stereocenters. The van der Waals surface area contributed by atoms with Crippen molar-refractivity contribution in [1.29, 1.82) is 0 Å². The average molecular weight is 534 g/mol. The van der Waals surface area contributed by atoms with Crippen molar-refractivity contribution >= 4 is 43.5 Å². The number of halogens is 1. The van der Waals surface area contributed by atoms with Crippen molar-refractivity contribution in [2.24, 2.45) is 16.8 Å². The van der Waals surface area contributed by atoms with Gasteiger partial charge >= 0.3 is 5.97 Å². The van der Waals surface area contributed by atoms with Gasteiger partial charge in [-0.05, 0) is 67.6 Å². The molecule has 1 amide bonds. The molecule has 0 radical (unpaired) electrons. The number of fused-ring (bicyclic) bond motifs is 1. The second kappa shape index (κ2) is 10.6. The molecular weight excluding hydrogens is 505 g/mol. The molecule has 1 aromatic heterocycles. The number of carbonyl (C=O) groups is 2. The van der Waals surface area contributed by atoms with E-state index >= 15 is 0 Å². The first-order valence-electron chi connectivity index (χ1n) is 11.7. The number of ether oxygens (including phenoxy) is 1. The standard InChI is InChI=1S/C25H28FN3O5S2/c1-4-34-23(30)15-29-21-10-7-19(26)12-22(21)35-25(29)27-24(31)18-5-8-20(9-6-18)36(32,33)28-13-16(2)11-17(3)14-28/h5-10,12,16-17H,4,11,13-15H2,1-3H3. The number of piperidine rings is 1. The zero-order chi connectivity index (χ0) is 26.0. The maximum Gasteiger partial charge on any atom is 0.326 e. The normalized spacial score (nSPS) is 19.5. The van der Waals surface area contributed by atoms with Gasteiger partial charge in [0.05, 0.1) is 21.7 Å². The van der Waals surface area contributed by atoms with E-state index in [1.807, 2.05) is 13.8 Å². The zero-order valence-corrected chi connectivity index (χ0v) is 21.9. The maximum absolute atomic E-state index is 13.8. The van der Waals surface area contributed by atoms with Crippen LogP contribution in [0.15, 0.2) is 52.4 Å². The minimum Gasteiger partial charge on any atom is -0.465 e. The predicted octanol–water partition coefficient (Wildman–Crippen LogP) is 3.81. The van der Waals surface area contributed by atoms with Gasteiger partial charge in [-0.2, -0.15) is 9.30 Å². The van der Waals surface area contributed by atoms with E-state index in [1.165, 1.54) is 51.3 Å². The highest BCUT2D eigenvalue weighted by Gasteiger charge is 2.31. The second-order valence-electron chi connectivity index (χ2n) is 9.10. The number of benzene rings is 2. The molecule has 11 heteroatoms. The van der Waals surface area contributed by atoms with Crippen molar-refractivity contribution in [3.63, 3.8) is 0 Å². The van der Waals surface area contributed by atoms with E-state index in [4.69, 9.17) is 4.74 Å². The number of aromatic nitrogens is 1. The first-order chi connectivity index (χ1) is 17.1. The predicted molar refractivity (Wildman–Crippen MR) is 134 cm³/mol. The van der Waals surface area contributed by atoms with Crippen LogP contribution < -0.4 is 4.80 Å². The molecule has 1 fully saturated rings. The molecule has 1 aliphatic heterocycles. The highest BCUT2D eigenvalue weighted by atomic mass is 32.2. The van der Waals surface area contributed by atoms with Crippen molar-refractivity contribution in [3.05, 3.63) is 58.6 Å². The Labute approximate surface area is 213 Å². The van der Waals surface area contributed by atoms with Crippen LogP contribution in [-0.2, 0) is 26.1 Å². The number of thiazole rings is 1. The van der Waals surface area contributed by atoms with Gasteiger partial charge in [-0.3, -0.25) is 9.59 Å². The number of esters is 1. The van der Waals surface area contributed by atoms with Crippen molar-refractivity contribution in [3.8, 4) is 0 Å². The molecule has 0 saturated carbocycles. The lowest BCUT2D eigenvalue weighted by Crippen LogP contribution is -2.42. The molecule has 2 atom stereocenters. The molecule has 1 aliphatic rings. The summed E-state index contributed by atoms with van der Waals surface area (Å²) in [6, 6.07) is 9.78. The van der Waals surface area contributed by atoms with Crippen LogP contribution in [0.4, 0.5) is 4.39 Å². The molecule has 4 rings (SSSR count). The Morgan fingerprint density at radius 3 is 2.42 bits per heavy atom. The van der Waals surface area contributed by atoms with Crippen molar-refractivity contribution in [2.75, 3.05) is 19.7 Å². The molecule has 3 aromatic rings. The van der Waals surface area contributed by atoms with E-state index in [9.17, 15) is 22.4 Å². The van der Waals surface area contributed by atoms with E-state index in [0.717, 1.165) is 17.8 Å². The largest absolute Gasteiger partial charge is 0.465 e. The van der Waals surface area contributed by atoms with Crippen LogP contribution in [0.2, 0.25) is 0 Å². The van der Waals surface area contributed by atoms with E-state index in [2.05, 4.69) is 4.99 Å². The number of sulfonamides is 1. The fourth-order valence-corrected chi connectivity index (χ4v) is 7.23. The Bertz CT molecular complexity index is 1450. The Hall–Kier alpha value is -2.89. The number of carbonyl (C=O) groups excluding carboxylic acids is 2. The monoisotopic (exact) mass is 533 g/mol. The summed E-state index contributed by atoms with van der Waals surface area (Å²) in [5.74, 6) is -1.01. The van der Waals surface area contributed by atoms with Crippen LogP contribution in [-0.4, -0.2) is 48.9 Å². The van der Waals surface area contributed by atoms with Crippen LogP contribution in [0, 0.1) is 17.7 Å². The first-order valence-corrected chi connectivity index (χ1v) is 14.0. The summed E-state index contributed by atoms with van der Waals surface area (Å²) < 4.78 is 48.6. The van der Waals surface area contributed by atoms with Crippen molar-refractivity contribution in [2.45, 2.75) is 38.6 Å². The zero-order valence-electron chi connectivity index (χ0n) is 20.3. The number of amides is 1. The summed E-state index contributed by atoms with van der Waals surface area (Å²) in [5, 5.41) is 0. The van der Waals surface area contributed by atoms with Crippen LogP contribution >= 0.6 is 11.3 Å². The molecule has 0 spiro atoms. The molecule has 2 aromatic carbocycles. The van der Waals surface area contributed by atoms with Gasteiger partial charge in [0, 0.05) is 18.7 Å². The van der Waals surface area contributed by atoms with Crippen molar-refractivity contribution in [1.82, 2.24) is 8.87 Å². The van der Waals surface area contributed by atoms with Crippen LogP contribution in [0.3, 0.4) is 0 Å². The molecule has 192 valence electrons. The third-order valence-corrected chi connectivity index (χ3v) is 8.90. The van der Waals surface area contributed by atoms with Gasteiger partial charge in [-0.25, -0.2) is 12.8 Å². The number of hydrogen-bond donors (Lipinski definition) is 0. The minimum atomic E-state index is -3.67. The molecular formula is C25H28FN3O5S2. The van der Waals surface area contributed by atoms with Crippen molar-refractivity contribution < 1.29 is 27.1 Å². The van der Waals surface area contributed by atoms with E-state index in [-0.39, 0.29) is 40.2 Å². The van der Waals surface area contributed by atoms with Gasteiger partial charge in [-0.15, -0.1) is 0 Å². The number of hydrogen-bond acceptors (Lipinski definition) is 6. The lowest BCUT2D eigenvalue weighted by Gasteiger charge is -2.34. The fraction of sp³-hybridized carbons (Fsp3) is 0.400. The highest BCUT2D eigenvalue weighted by molar-refractivity contribution is 7.89. The molecule has 0 N–H and O–H groups in total. The van der Waals surface area contributed by atoms with Gasteiger partial charge in [0.15, 0.2) is 4.80 Å². The van der Waals surface area contributed by atoms with Gasteiger partial charge < -0.3 is 9.30 Å². The summed E-state index contributed by atoms with van der Waals surface area (Å²) >= 11 is 1.07. The highest BCUT2D eigenvalue weighted by Crippen LogP contribution is 2.27.